The number of piperidine rings is 1. The molecular formula is C30H31N5O4. The molecule has 4 heterocycles. The third-order valence-corrected chi connectivity index (χ3v) is 7.95. The van der Waals surface area contributed by atoms with Crippen LogP contribution in [0.1, 0.15) is 47.8 Å². The van der Waals surface area contributed by atoms with E-state index in [0.29, 0.717) is 43.7 Å². The summed E-state index contributed by atoms with van der Waals surface area (Å²) in [7, 11) is 1.71. The second-order valence-electron chi connectivity index (χ2n) is 10.5. The number of benzene rings is 2. The smallest absolute Gasteiger partial charge is 0.270 e. The minimum Gasteiger partial charge on any atom is -0.488 e. The van der Waals surface area contributed by atoms with Crippen molar-refractivity contribution >= 4 is 16.6 Å². The molecule has 200 valence electrons. The molecule has 2 aliphatic heterocycles. The standard InChI is InChI=1S/C30H31N5O4/c1-18-6-4-5-7-22(18)28-32-29(39-33-28)20-8-11-35(12-9-20)27-23-14-19(2)26(38-21-10-13-37-17-21)15-25(23)34(3)30(36)24(27)16-31/h4-7,14-15,20-21H,8-13,17H2,1-3H3/t21-/m0/s1. The largest absolute Gasteiger partial charge is 0.488 e. The predicted molar refractivity (Wildman–Crippen MR) is 147 cm³/mol. The summed E-state index contributed by atoms with van der Waals surface area (Å²) < 4.78 is 18.9. The van der Waals surface area contributed by atoms with Gasteiger partial charge in [0.25, 0.3) is 5.56 Å². The summed E-state index contributed by atoms with van der Waals surface area (Å²) >= 11 is 0. The van der Waals surface area contributed by atoms with E-state index in [1.54, 1.807) is 11.6 Å². The molecule has 9 heteroatoms. The second kappa shape index (κ2) is 10.2. The first kappa shape index (κ1) is 25.1. The summed E-state index contributed by atoms with van der Waals surface area (Å²) in [6.07, 6.45) is 2.40. The summed E-state index contributed by atoms with van der Waals surface area (Å²) in [6.45, 7) is 6.62. The van der Waals surface area contributed by atoms with Crippen molar-refractivity contribution in [2.24, 2.45) is 7.05 Å². The molecule has 0 saturated carbocycles. The highest BCUT2D eigenvalue weighted by molar-refractivity contribution is 5.96. The lowest BCUT2D eigenvalue weighted by Gasteiger charge is -2.33. The number of hydrogen-bond acceptors (Lipinski definition) is 8. The van der Waals surface area contributed by atoms with Crippen LogP contribution in [0.4, 0.5) is 5.69 Å². The van der Waals surface area contributed by atoms with Crippen LogP contribution < -0.4 is 15.2 Å². The first-order valence-electron chi connectivity index (χ1n) is 13.4. The molecule has 2 saturated heterocycles. The van der Waals surface area contributed by atoms with Crippen LogP contribution in [0.15, 0.2) is 45.7 Å². The predicted octanol–water partition coefficient (Wildman–Crippen LogP) is 4.63. The highest BCUT2D eigenvalue weighted by Gasteiger charge is 2.29. The van der Waals surface area contributed by atoms with Gasteiger partial charge in [0.1, 0.15) is 23.5 Å². The number of aryl methyl sites for hydroxylation is 3. The molecule has 0 aliphatic carbocycles. The highest BCUT2D eigenvalue weighted by Crippen LogP contribution is 2.37. The number of fused-ring (bicyclic) bond motifs is 1. The average Bonchev–Trinajstić information content (AvgIpc) is 3.65. The van der Waals surface area contributed by atoms with Crippen molar-refractivity contribution in [1.29, 1.82) is 5.26 Å². The van der Waals surface area contributed by atoms with Gasteiger partial charge in [-0.2, -0.15) is 10.2 Å². The molecule has 4 aromatic rings. The Morgan fingerprint density at radius 2 is 1.90 bits per heavy atom. The van der Waals surface area contributed by atoms with Gasteiger partial charge in [-0.15, -0.1) is 0 Å². The van der Waals surface area contributed by atoms with Crippen molar-refractivity contribution < 1.29 is 14.0 Å². The summed E-state index contributed by atoms with van der Waals surface area (Å²) in [5.41, 5.74) is 4.33. The summed E-state index contributed by atoms with van der Waals surface area (Å²) in [5.74, 6) is 2.09. The Hall–Kier alpha value is -4.16. The number of anilines is 1. The van der Waals surface area contributed by atoms with E-state index in [-0.39, 0.29) is 23.1 Å². The van der Waals surface area contributed by atoms with Crippen LogP contribution in [0.3, 0.4) is 0 Å². The number of nitriles is 1. The monoisotopic (exact) mass is 525 g/mol. The Balaban J connectivity index is 1.30. The molecule has 9 nitrogen and oxygen atoms in total. The molecular weight excluding hydrogens is 494 g/mol. The van der Waals surface area contributed by atoms with E-state index in [1.165, 1.54) is 0 Å². The molecule has 0 bridgehead atoms. The van der Waals surface area contributed by atoms with E-state index in [4.69, 9.17) is 19.0 Å². The normalized spacial score (nSPS) is 18.0. The van der Waals surface area contributed by atoms with Gasteiger partial charge < -0.3 is 23.5 Å². The van der Waals surface area contributed by atoms with Gasteiger partial charge in [-0.3, -0.25) is 4.79 Å². The molecule has 2 aromatic heterocycles. The molecule has 39 heavy (non-hydrogen) atoms. The van der Waals surface area contributed by atoms with Gasteiger partial charge in [0.2, 0.25) is 11.7 Å². The zero-order chi connectivity index (χ0) is 27.1. The highest BCUT2D eigenvalue weighted by atomic mass is 16.5. The topological polar surface area (TPSA) is 106 Å². The quantitative estimate of drug-likeness (QED) is 0.371. The molecule has 1 atom stereocenters. The number of hydrogen-bond donors (Lipinski definition) is 0. The molecule has 0 radical (unpaired) electrons. The van der Waals surface area contributed by atoms with E-state index in [1.807, 2.05) is 50.2 Å². The molecule has 2 aromatic carbocycles. The minimum atomic E-state index is -0.305. The van der Waals surface area contributed by atoms with Crippen molar-refractivity contribution in [3.8, 4) is 23.2 Å². The lowest BCUT2D eigenvalue weighted by Crippen LogP contribution is -2.36. The molecule has 2 aliphatic rings. The third-order valence-electron chi connectivity index (χ3n) is 7.95. The molecule has 0 unspecified atom stereocenters. The Morgan fingerprint density at radius 1 is 1.10 bits per heavy atom. The van der Waals surface area contributed by atoms with E-state index in [9.17, 15) is 10.1 Å². The molecule has 0 amide bonds. The average molecular weight is 526 g/mol. The van der Waals surface area contributed by atoms with Crippen molar-refractivity contribution in [3.05, 3.63) is 69.3 Å². The maximum Gasteiger partial charge on any atom is 0.270 e. The number of pyridine rings is 1. The first-order chi connectivity index (χ1) is 18.9. The number of ether oxygens (including phenoxy) is 2. The Labute approximate surface area is 226 Å². The fourth-order valence-electron chi connectivity index (χ4n) is 5.68. The molecule has 6 rings (SSSR count). The van der Waals surface area contributed by atoms with Crippen molar-refractivity contribution in [1.82, 2.24) is 14.7 Å². The maximum atomic E-state index is 13.3. The van der Waals surface area contributed by atoms with E-state index in [2.05, 4.69) is 16.1 Å². The Kier molecular flexibility index (Phi) is 6.57. The lowest BCUT2D eigenvalue weighted by molar-refractivity contribution is 0.141. The molecule has 0 spiro atoms. The van der Waals surface area contributed by atoms with Crippen LogP contribution in [0.5, 0.6) is 5.75 Å². The number of aromatic nitrogens is 3. The molecule has 2 fully saturated rings. The van der Waals surface area contributed by atoms with Crippen LogP contribution in [0.25, 0.3) is 22.3 Å². The second-order valence-corrected chi connectivity index (χ2v) is 10.5. The van der Waals surface area contributed by atoms with E-state index in [0.717, 1.165) is 52.6 Å². The fourth-order valence-corrected chi connectivity index (χ4v) is 5.68. The summed E-state index contributed by atoms with van der Waals surface area (Å²) in [4.78, 5) is 20.2. The van der Waals surface area contributed by atoms with Gasteiger partial charge in [-0.05, 0) is 43.9 Å². The minimum absolute atomic E-state index is 0.00563. The fraction of sp³-hybridized carbons (Fsp3) is 0.400. The first-order valence-corrected chi connectivity index (χ1v) is 13.4. The SMILES string of the molecule is Cc1cc2c(N3CCC(c4nc(-c5ccccc5C)no4)CC3)c(C#N)c(=O)n(C)c2cc1O[C@H]1CCOC1. The van der Waals surface area contributed by atoms with E-state index >= 15 is 0 Å². The van der Waals surface area contributed by atoms with Crippen LogP contribution in [0.2, 0.25) is 0 Å². The van der Waals surface area contributed by atoms with Crippen molar-refractivity contribution in [2.75, 3.05) is 31.2 Å². The van der Waals surface area contributed by atoms with Gasteiger partial charge in [0, 0.05) is 49.5 Å². The maximum absolute atomic E-state index is 13.3. The zero-order valence-corrected chi connectivity index (χ0v) is 22.4. The third kappa shape index (κ3) is 4.55. The van der Waals surface area contributed by atoms with Crippen molar-refractivity contribution in [3.63, 3.8) is 0 Å². The summed E-state index contributed by atoms with van der Waals surface area (Å²) in [6, 6.07) is 14.1. The van der Waals surface area contributed by atoms with Gasteiger partial charge >= 0.3 is 0 Å². The van der Waals surface area contributed by atoms with Gasteiger partial charge in [-0.1, -0.05) is 29.4 Å². The number of nitrogens with zero attached hydrogens (tertiary/aromatic N) is 5. The van der Waals surface area contributed by atoms with Gasteiger partial charge in [0.05, 0.1) is 24.4 Å². The van der Waals surface area contributed by atoms with Gasteiger partial charge in [-0.25, -0.2) is 0 Å². The van der Waals surface area contributed by atoms with Crippen molar-refractivity contribution in [2.45, 2.75) is 45.1 Å². The van der Waals surface area contributed by atoms with E-state index < -0.39 is 0 Å². The Morgan fingerprint density at radius 3 is 2.62 bits per heavy atom. The summed E-state index contributed by atoms with van der Waals surface area (Å²) in [5, 5.41) is 15.1. The zero-order valence-electron chi connectivity index (χ0n) is 22.4. The number of rotatable bonds is 5. The molecule has 0 N–H and O–H groups in total. The van der Waals surface area contributed by atoms with Gasteiger partial charge in [0.15, 0.2) is 0 Å². The van der Waals surface area contributed by atoms with Crippen LogP contribution in [-0.4, -0.2) is 47.1 Å². The van der Waals surface area contributed by atoms with Crippen LogP contribution >= 0.6 is 0 Å². The van der Waals surface area contributed by atoms with Crippen LogP contribution in [0, 0.1) is 25.2 Å². The lowest BCUT2D eigenvalue weighted by atomic mass is 9.95. The Bertz CT molecular complexity index is 1640. The van der Waals surface area contributed by atoms with Crippen LogP contribution in [-0.2, 0) is 11.8 Å².